The number of alkyl halides is 1. The molecule has 1 heterocycles. The van der Waals surface area contributed by atoms with Crippen LogP contribution >= 0.6 is 15.9 Å². The van der Waals surface area contributed by atoms with Gasteiger partial charge in [-0.2, -0.15) is 0 Å². The fourth-order valence-electron chi connectivity index (χ4n) is 1.90. The largest absolute Gasteiger partial charge is 0.383 e. The summed E-state index contributed by atoms with van der Waals surface area (Å²) in [7, 11) is 3.55. The second kappa shape index (κ2) is 6.19. The standard InChI is InChI=1S/C12H15BrN4O3/c1-16(6-8(13)7-20-2)12-14-10-4-3-9(17(18)19)5-11(10)15-12/h3-5,8H,6-7H2,1-2H3,(H,14,15). The van der Waals surface area contributed by atoms with E-state index in [9.17, 15) is 10.1 Å². The van der Waals surface area contributed by atoms with E-state index < -0.39 is 4.92 Å². The number of fused-ring (bicyclic) bond motifs is 1. The van der Waals surface area contributed by atoms with Crippen molar-refractivity contribution in [1.82, 2.24) is 9.97 Å². The van der Waals surface area contributed by atoms with Crippen molar-refractivity contribution in [2.45, 2.75) is 4.83 Å². The lowest BCUT2D eigenvalue weighted by atomic mass is 10.3. The molecule has 1 aromatic heterocycles. The minimum Gasteiger partial charge on any atom is -0.383 e. The Hall–Kier alpha value is -1.67. The predicted molar refractivity (Wildman–Crippen MR) is 80.6 cm³/mol. The quantitative estimate of drug-likeness (QED) is 0.494. The van der Waals surface area contributed by atoms with E-state index in [4.69, 9.17) is 4.74 Å². The number of ether oxygens (including phenoxy) is 1. The first-order chi connectivity index (χ1) is 9.51. The maximum absolute atomic E-state index is 10.7. The van der Waals surface area contributed by atoms with Gasteiger partial charge in [0.25, 0.3) is 5.69 Å². The zero-order valence-corrected chi connectivity index (χ0v) is 12.8. The average molecular weight is 343 g/mol. The van der Waals surface area contributed by atoms with Crippen molar-refractivity contribution in [2.75, 3.05) is 32.2 Å². The number of nitrogens with one attached hydrogen (secondary N) is 1. The van der Waals surface area contributed by atoms with Gasteiger partial charge in [0.15, 0.2) is 0 Å². The molecule has 1 atom stereocenters. The Morgan fingerprint density at radius 2 is 2.35 bits per heavy atom. The molecule has 7 nitrogen and oxygen atoms in total. The van der Waals surface area contributed by atoms with Crippen LogP contribution in [-0.2, 0) is 4.74 Å². The van der Waals surface area contributed by atoms with E-state index in [2.05, 4.69) is 25.9 Å². The summed E-state index contributed by atoms with van der Waals surface area (Å²) in [5.41, 5.74) is 1.40. The van der Waals surface area contributed by atoms with Crippen LogP contribution in [0.15, 0.2) is 18.2 Å². The van der Waals surface area contributed by atoms with Crippen molar-refractivity contribution >= 4 is 38.6 Å². The minimum atomic E-state index is -0.420. The average Bonchev–Trinajstić information content (AvgIpc) is 2.81. The number of H-pyrrole nitrogens is 1. The highest BCUT2D eigenvalue weighted by molar-refractivity contribution is 9.09. The number of aromatic nitrogens is 2. The fraction of sp³-hybridized carbons (Fsp3) is 0.417. The summed E-state index contributed by atoms with van der Waals surface area (Å²) in [6.45, 7) is 1.30. The van der Waals surface area contributed by atoms with Gasteiger partial charge < -0.3 is 14.6 Å². The van der Waals surface area contributed by atoms with Crippen LogP contribution in [-0.4, -0.2) is 47.0 Å². The van der Waals surface area contributed by atoms with Gasteiger partial charge in [-0.05, 0) is 6.07 Å². The number of nitro benzene ring substituents is 1. The Labute approximate surface area is 124 Å². The number of imidazole rings is 1. The number of rotatable bonds is 6. The Morgan fingerprint density at radius 1 is 1.60 bits per heavy atom. The number of nitrogens with zero attached hydrogens (tertiary/aromatic N) is 3. The second-order valence-electron chi connectivity index (χ2n) is 4.45. The second-order valence-corrected chi connectivity index (χ2v) is 5.75. The number of anilines is 1. The summed E-state index contributed by atoms with van der Waals surface area (Å²) in [4.78, 5) is 19.9. The van der Waals surface area contributed by atoms with Crippen LogP contribution in [0.1, 0.15) is 0 Å². The molecule has 0 fully saturated rings. The van der Waals surface area contributed by atoms with Crippen molar-refractivity contribution in [1.29, 1.82) is 0 Å². The number of hydrogen-bond donors (Lipinski definition) is 1. The molecule has 0 spiro atoms. The molecule has 1 aromatic carbocycles. The molecule has 0 aliphatic carbocycles. The molecule has 2 aromatic rings. The van der Waals surface area contributed by atoms with Gasteiger partial charge in [0.05, 0.1) is 27.4 Å². The van der Waals surface area contributed by atoms with Crippen LogP contribution in [0.5, 0.6) is 0 Å². The maximum Gasteiger partial charge on any atom is 0.271 e. The number of benzene rings is 1. The van der Waals surface area contributed by atoms with E-state index in [1.807, 2.05) is 11.9 Å². The summed E-state index contributed by atoms with van der Waals surface area (Å²) >= 11 is 3.51. The monoisotopic (exact) mass is 342 g/mol. The third kappa shape index (κ3) is 3.26. The zero-order chi connectivity index (χ0) is 14.7. The Kier molecular flexibility index (Phi) is 4.56. The smallest absolute Gasteiger partial charge is 0.271 e. The molecule has 1 N–H and O–H groups in total. The van der Waals surface area contributed by atoms with Gasteiger partial charge in [-0.1, -0.05) is 15.9 Å². The lowest BCUT2D eigenvalue weighted by molar-refractivity contribution is -0.384. The van der Waals surface area contributed by atoms with Gasteiger partial charge in [0.1, 0.15) is 0 Å². The highest BCUT2D eigenvalue weighted by Crippen LogP contribution is 2.22. The van der Waals surface area contributed by atoms with Gasteiger partial charge in [0, 0.05) is 32.8 Å². The molecular formula is C12H15BrN4O3. The maximum atomic E-state index is 10.7. The van der Waals surface area contributed by atoms with Crippen molar-refractivity contribution in [3.8, 4) is 0 Å². The molecule has 0 aliphatic rings. The summed E-state index contributed by atoms with van der Waals surface area (Å²) in [6.07, 6.45) is 0. The molecule has 0 saturated heterocycles. The molecular weight excluding hydrogens is 328 g/mol. The first kappa shape index (κ1) is 14.7. The first-order valence-electron chi connectivity index (χ1n) is 5.99. The molecule has 8 heteroatoms. The number of methoxy groups -OCH3 is 1. The Bertz CT molecular complexity index is 616. The van der Waals surface area contributed by atoms with Crippen molar-refractivity contribution in [2.24, 2.45) is 0 Å². The molecule has 20 heavy (non-hydrogen) atoms. The third-order valence-electron chi connectivity index (χ3n) is 2.84. The first-order valence-corrected chi connectivity index (χ1v) is 6.91. The van der Waals surface area contributed by atoms with Crippen molar-refractivity contribution < 1.29 is 9.66 Å². The highest BCUT2D eigenvalue weighted by Gasteiger charge is 2.14. The fourth-order valence-corrected chi connectivity index (χ4v) is 2.59. The number of hydrogen-bond acceptors (Lipinski definition) is 5. The number of nitro groups is 1. The van der Waals surface area contributed by atoms with Crippen LogP contribution in [0.25, 0.3) is 11.0 Å². The van der Waals surface area contributed by atoms with Gasteiger partial charge in [-0.3, -0.25) is 10.1 Å². The van der Waals surface area contributed by atoms with Crippen LogP contribution < -0.4 is 4.90 Å². The van der Waals surface area contributed by atoms with Crippen molar-refractivity contribution in [3.63, 3.8) is 0 Å². The van der Waals surface area contributed by atoms with Crippen LogP contribution in [0.3, 0.4) is 0 Å². The molecule has 0 radical (unpaired) electrons. The van der Waals surface area contributed by atoms with E-state index in [-0.39, 0.29) is 10.5 Å². The van der Waals surface area contributed by atoms with Gasteiger partial charge >= 0.3 is 0 Å². The zero-order valence-electron chi connectivity index (χ0n) is 11.2. The molecule has 2 rings (SSSR count). The summed E-state index contributed by atoms with van der Waals surface area (Å²) in [5, 5.41) is 10.7. The normalized spacial score (nSPS) is 12.6. The molecule has 0 aliphatic heterocycles. The van der Waals surface area contributed by atoms with Crippen LogP contribution in [0.4, 0.5) is 11.6 Å². The predicted octanol–water partition coefficient (Wildman–Crippen LogP) is 2.32. The van der Waals surface area contributed by atoms with E-state index >= 15 is 0 Å². The molecule has 108 valence electrons. The highest BCUT2D eigenvalue weighted by atomic mass is 79.9. The summed E-state index contributed by atoms with van der Waals surface area (Å²) < 4.78 is 5.06. The van der Waals surface area contributed by atoms with Crippen LogP contribution in [0.2, 0.25) is 0 Å². The lowest BCUT2D eigenvalue weighted by Gasteiger charge is -2.19. The molecule has 1 unspecified atom stereocenters. The van der Waals surface area contributed by atoms with Crippen molar-refractivity contribution in [3.05, 3.63) is 28.3 Å². The third-order valence-corrected chi connectivity index (χ3v) is 3.40. The van der Waals surface area contributed by atoms with Crippen LogP contribution in [0, 0.1) is 10.1 Å². The van der Waals surface area contributed by atoms with E-state index in [0.29, 0.717) is 30.1 Å². The van der Waals surface area contributed by atoms with E-state index in [1.54, 1.807) is 13.2 Å². The summed E-state index contributed by atoms with van der Waals surface area (Å²) in [5.74, 6) is 0.668. The minimum absolute atomic E-state index is 0.0492. The number of halogens is 1. The topological polar surface area (TPSA) is 84.3 Å². The van der Waals surface area contributed by atoms with Gasteiger partial charge in [-0.25, -0.2) is 4.98 Å². The van der Waals surface area contributed by atoms with E-state index in [1.165, 1.54) is 12.1 Å². The van der Waals surface area contributed by atoms with Gasteiger partial charge in [-0.15, -0.1) is 0 Å². The van der Waals surface area contributed by atoms with Gasteiger partial charge in [0.2, 0.25) is 5.95 Å². The Balaban J connectivity index is 2.20. The lowest BCUT2D eigenvalue weighted by Crippen LogP contribution is -2.28. The van der Waals surface area contributed by atoms with E-state index in [0.717, 1.165) is 0 Å². The Morgan fingerprint density at radius 3 is 3.00 bits per heavy atom. The summed E-state index contributed by atoms with van der Waals surface area (Å²) in [6, 6.07) is 4.58. The SMILES string of the molecule is COCC(Br)CN(C)c1nc2ccc([N+](=O)[O-])cc2[nH]1. The molecule has 0 amide bonds. The molecule has 0 bridgehead atoms. The number of non-ortho nitro benzene ring substituents is 1. The number of aromatic amines is 1. The molecule has 0 saturated carbocycles.